The highest BCUT2D eigenvalue weighted by atomic mass is 79.9. The van der Waals surface area contributed by atoms with Crippen LogP contribution < -0.4 is 16.2 Å². The van der Waals surface area contributed by atoms with E-state index in [9.17, 15) is 13.6 Å². The molecule has 2 aromatic heterocycles. The van der Waals surface area contributed by atoms with Gasteiger partial charge in [-0.25, -0.2) is 22.9 Å². The molecule has 0 atom stereocenters. The molecular weight excluding hydrogens is 898 g/mol. The first-order chi connectivity index (χ1) is 23.5. The number of nitrogen functional groups attached to an aromatic ring is 2. The predicted octanol–water partition coefficient (Wildman–Crippen LogP) is 9.20. The van der Waals surface area contributed by atoms with Crippen LogP contribution in [-0.2, 0) is 0 Å². The number of piperidine rings is 2. The molecule has 6 rings (SSSR count). The van der Waals surface area contributed by atoms with Crippen LogP contribution in [0.15, 0.2) is 54.6 Å². The van der Waals surface area contributed by atoms with Crippen LogP contribution in [0.2, 0.25) is 0 Å². The van der Waals surface area contributed by atoms with E-state index in [1.54, 1.807) is 9.58 Å². The van der Waals surface area contributed by atoms with E-state index in [0.717, 1.165) is 56.4 Å². The van der Waals surface area contributed by atoms with Crippen molar-refractivity contribution in [1.82, 2.24) is 29.4 Å². The van der Waals surface area contributed by atoms with E-state index >= 15 is 0 Å². The Morgan fingerprint density at radius 3 is 1.86 bits per heavy atom. The summed E-state index contributed by atoms with van der Waals surface area (Å²) in [5.74, 6) is 0.694. The van der Waals surface area contributed by atoms with Crippen molar-refractivity contribution in [3.63, 3.8) is 0 Å². The maximum atomic E-state index is 13.5. The summed E-state index contributed by atoms with van der Waals surface area (Å²) in [7, 11) is 0. The van der Waals surface area contributed by atoms with Gasteiger partial charge in [-0.1, -0.05) is 13.3 Å². The van der Waals surface area contributed by atoms with Crippen molar-refractivity contribution < 1.29 is 18.3 Å². The number of ether oxygens (including phenoxy) is 1. The van der Waals surface area contributed by atoms with Crippen molar-refractivity contribution in [2.45, 2.75) is 57.8 Å². The smallest absolute Gasteiger partial charge is 0.404 e. The maximum Gasteiger partial charge on any atom is 0.415 e. The van der Waals surface area contributed by atoms with Gasteiger partial charge in [-0.05, 0) is 152 Å². The van der Waals surface area contributed by atoms with E-state index in [1.807, 2.05) is 6.20 Å². The van der Waals surface area contributed by atoms with Crippen molar-refractivity contribution in [2.75, 3.05) is 44.2 Å². The molecule has 4 aromatic rings. The molecule has 2 aromatic carbocycles. The number of hydrogen-bond donors (Lipinski definition) is 2. The summed E-state index contributed by atoms with van der Waals surface area (Å²) in [6.07, 6.45) is 10.6. The minimum absolute atomic E-state index is 0.161. The summed E-state index contributed by atoms with van der Waals surface area (Å²) in [6, 6.07) is 5.46. The number of benzene rings is 2. The van der Waals surface area contributed by atoms with Gasteiger partial charge < -0.3 is 26.0 Å². The lowest BCUT2D eigenvalue weighted by atomic mass is 9.91. The average Bonchev–Trinajstić information content (AvgIpc) is 3.61. The summed E-state index contributed by atoms with van der Waals surface area (Å²) in [4.78, 5) is 16.4. The van der Waals surface area contributed by atoms with Gasteiger partial charge in [-0.15, -0.1) is 0 Å². The van der Waals surface area contributed by atoms with Crippen LogP contribution >= 0.6 is 63.7 Å². The standard InChI is InChI=1S/C18H23Br2FN4.C15H15Br2FN4O2/c1-2-3-6-24-7-4-12(5-8-24)14-11-23-25(18(14)22)17-15(19)9-13(21)10-16(17)20;16-10-6-9(18)7-11(17)13(10)22-14(19)12(8-20-22)24-15(23)21-4-2-1-3-5-21/h9-12H,2-8,22H2,1H3;6-8H,1-5,19H2. The molecule has 1 amide bonds. The Morgan fingerprint density at radius 1 is 0.816 bits per heavy atom. The highest BCUT2D eigenvalue weighted by molar-refractivity contribution is 9.11. The van der Waals surface area contributed by atoms with Crippen LogP contribution in [0.4, 0.5) is 25.2 Å². The molecule has 16 heteroatoms. The van der Waals surface area contributed by atoms with Crippen LogP contribution in [-0.4, -0.2) is 68.2 Å². The molecule has 0 unspecified atom stereocenters. The predicted molar refractivity (Wildman–Crippen MR) is 201 cm³/mol. The Hall–Kier alpha value is -2.53. The lowest BCUT2D eigenvalue weighted by Gasteiger charge is -2.31. The first kappa shape index (κ1) is 37.7. The summed E-state index contributed by atoms with van der Waals surface area (Å²) in [5, 5.41) is 8.63. The summed E-state index contributed by atoms with van der Waals surface area (Å²) < 4.78 is 37.5. The molecule has 10 nitrogen and oxygen atoms in total. The molecule has 0 bridgehead atoms. The first-order valence-electron chi connectivity index (χ1n) is 16.1. The second-order valence-corrected chi connectivity index (χ2v) is 15.4. The van der Waals surface area contributed by atoms with Crippen molar-refractivity contribution in [3.05, 3.63) is 71.7 Å². The summed E-state index contributed by atoms with van der Waals surface area (Å²) in [6.45, 7) is 7.00. The van der Waals surface area contributed by atoms with Gasteiger partial charge in [0.15, 0.2) is 11.6 Å². The molecule has 2 saturated heterocycles. The summed E-state index contributed by atoms with van der Waals surface area (Å²) in [5.41, 5.74) is 14.8. The zero-order chi connectivity index (χ0) is 35.2. The number of nitrogens with zero attached hydrogens (tertiary/aromatic N) is 6. The number of carbonyl (C=O) groups is 1. The van der Waals surface area contributed by atoms with Crippen LogP contribution in [0.3, 0.4) is 0 Å². The molecule has 0 spiro atoms. The van der Waals surface area contributed by atoms with Gasteiger partial charge in [-0.3, -0.25) is 0 Å². The highest BCUT2D eigenvalue weighted by Crippen LogP contribution is 2.37. The lowest BCUT2D eigenvalue weighted by molar-refractivity contribution is 0.143. The minimum atomic E-state index is -0.432. The Balaban J connectivity index is 0.000000191. The average molecular weight is 936 g/mol. The number of hydrogen-bond acceptors (Lipinski definition) is 7. The van der Waals surface area contributed by atoms with E-state index in [4.69, 9.17) is 16.2 Å². The lowest BCUT2D eigenvalue weighted by Crippen LogP contribution is -2.37. The highest BCUT2D eigenvalue weighted by Gasteiger charge is 2.26. The third-order valence-electron chi connectivity index (χ3n) is 8.66. The zero-order valence-corrected chi connectivity index (χ0v) is 33.3. The Kier molecular flexibility index (Phi) is 13.2. The number of aromatic nitrogens is 4. The second kappa shape index (κ2) is 17.1. The number of nitrogens with two attached hydrogens (primary N) is 2. The third-order valence-corrected chi connectivity index (χ3v) is 11.1. The largest absolute Gasteiger partial charge is 0.415 e. The number of rotatable bonds is 7. The topological polar surface area (TPSA) is 120 Å². The third kappa shape index (κ3) is 9.04. The van der Waals surface area contributed by atoms with Crippen LogP contribution in [0.1, 0.15) is 63.4 Å². The van der Waals surface area contributed by atoms with E-state index < -0.39 is 11.9 Å². The number of amides is 1. The van der Waals surface area contributed by atoms with Gasteiger partial charge in [0, 0.05) is 36.5 Å². The van der Waals surface area contributed by atoms with E-state index in [-0.39, 0.29) is 17.4 Å². The number of carbonyl (C=O) groups excluding carboxylic acids is 1. The van der Waals surface area contributed by atoms with Crippen molar-refractivity contribution in [3.8, 4) is 17.1 Å². The van der Waals surface area contributed by atoms with Crippen LogP contribution in [0.25, 0.3) is 11.4 Å². The van der Waals surface area contributed by atoms with Gasteiger partial charge in [0.25, 0.3) is 0 Å². The monoisotopic (exact) mass is 932 g/mol. The van der Waals surface area contributed by atoms with E-state index in [0.29, 0.717) is 48.4 Å². The van der Waals surface area contributed by atoms with Crippen LogP contribution in [0.5, 0.6) is 5.75 Å². The first-order valence-corrected chi connectivity index (χ1v) is 19.3. The minimum Gasteiger partial charge on any atom is -0.404 e. The summed E-state index contributed by atoms with van der Waals surface area (Å²) >= 11 is 13.4. The molecule has 4 heterocycles. The molecule has 2 aliphatic heterocycles. The van der Waals surface area contributed by atoms with Crippen molar-refractivity contribution >= 4 is 81.4 Å². The Bertz CT molecular complexity index is 1730. The SMILES string of the molecule is CCCCN1CCC(c2cnn(-c3c(Br)cc(F)cc3Br)c2N)CC1.Nc1c(OC(=O)N2CCCCC2)cnn1-c1c(Br)cc(F)cc1Br. The normalized spacial score (nSPS) is 15.6. The number of unbranched alkanes of at least 4 members (excludes halogenated alkanes) is 1. The molecule has 2 aliphatic rings. The molecule has 49 heavy (non-hydrogen) atoms. The number of halogens is 6. The quantitative estimate of drug-likeness (QED) is 0.190. The zero-order valence-electron chi connectivity index (χ0n) is 26.9. The molecule has 2 fully saturated rings. The Labute approximate surface area is 318 Å². The van der Waals surface area contributed by atoms with Gasteiger partial charge >= 0.3 is 6.09 Å². The van der Waals surface area contributed by atoms with Gasteiger partial charge in [0.2, 0.25) is 0 Å². The molecule has 0 saturated carbocycles. The molecular formula is C33H38Br4F2N8O2. The van der Waals surface area contributed by atoms with Gasteiger partial charge in [0.1, 0.15) is 17.5 Å². The fourth-order valence-corrected chi connectivity index (χ4v) is 8.95. The van der Waals surface area contributed by atoms with Gasteiger partial charge in [-0.2, -0.15) is 10.2 Å². The number of anilines is 2. The van der Waals surface area contributed by atoms with E-state index in [2.05, 4.69) is 85.7 Å². The maximum absolute atomic E-state index is 13.5. The molecule has 264 valence electrons. The van der Waals surface area contributed by atoms with Gasteiger partial charge in [0.05, 0.1) is 23.8 Å². The Morgan fingerprint density at radius 2 is 1.33 bits per heavy atom. The fraction of sp³-hybridized carbons (Fsp3) is 0.424. The molecule has 4 N–H and O–H groups in total. The van der Waals surface area contributed by atoms with Crippen molar-refractivity contribution in [2.24, 2.45) is 0 Å². The van der Waals surface area contributed by atoms with Crippen LogP contribution in [0, 0.1) is 11.6 Å². The number of likely N-dealkylation sites (tertiary alicyclic amines) is 2. The molecule has 0 aliphatic carbocycles. The van der Waals surface area contributed by atoms with E-state index in [1.165, 1.54) is 54.5 Å². The van der Waals surface area contributed by atoms with Crippen molar-refractivity contribution in [1.29, 1.82) is 0 Å². The fourth-order valence-electron chi connectivity index (χ4n) is 6.02. The second-order valence-electron chi connectivity index (χ2n) is 12.0. The molecule has 0 radical (unpaired) electrons.